The lowest BCUT2D eigenvalue weighted by atomic mass is 10.2. The van der Waals surface area contributed by atoms with Crippen LogP contribution in [0.25, 0.3) is 0 Å². The van der Waals surface area contributed by atoms with E-state index in [-0.39, 0.29) is 18.8 Å². The van der Waals surface area contributed by atoms with Crippen LogP contribution in [-0.4, -0.2) is 25.0 Å². The standard InChI is InChI=1S/C23H18Cl2F3N3O2/c24-17-6-4-15(5-7-17)21(32)29-12-13-31(20-3-1-2-16(14-20)23(26,27)28)22(33)30-19-10-8-18(25)9-11-19/h1-11,14H,12-13H2,(H,29,32)(H,30,33). The van der Waals surface area contributed by atoms with Crippen molar-refractivity contribution >= 4 is 46.5 Å². The number of carbonyl (C=O) groups is 2. The van der Waals surface area contributed by atoms with Gasteiger partial charge in [0.1, 0.15) is 0 Å². The van der Waals surface area contributed by atoms with E-state index < -0.39 is 23.7 Å². The highest BCUT2D eigenvalue weighted by atomic mass is 35.5. The second-order valence-electron chi connectivity index (χ2n) is 6.90. The molecule has 33 heavy (non-hydrogen) atoms. The highest BCUT2D eigenvalue weighted by Crippen LogP contribution is 2.31. The van der Waals surface area contributed by atoms with E-state index in [2.05, 4.69) is 10.6 Å². The summed E-state index contributed by atoms with van der Waals surface area (Å²) in [5.41, 5.74) is -0.103. The molecule has 0 aliphatic carbocycles. The van der Waals surface area contributed by atoms with E-state index in [1.807, 2.05) is 0 Å². The van der Waals surface area contributed by atoms with E-state index in [0.29, 0.717) is 21.3 Å². The number of benzene rings is 3. The summed E-state index contributed by atoms with van der Waals surface area (Å²) in [6, 6.07) is 16.2. The van der Waals surface area contributed by atoms with Gasteiger partial charge in [0, 0.05) is 40.1 Å². The Labute approximate surface area is 198 Å². The van der Waals surface area contributed by atoms with Gasteiger partial charge in [0.25, 0.3) is 5.91 Å². The molecule has 0 radical (unpaired) electrons. The third-order valence-electron chi connectivity index (χ3n) is 4.55. The van der Waals surface area contributed by atoms with Crippen LogP contribution in [0.5, 0.6) is 0 Å². The van der Waals surface area contributed by atoms with Crippen molar-refractivity contribution in [3.05, 3.63) is 94.0 Å². The zero-order valence-corrected chi connectivity index (χ0v) is 18.5. The predicted molar refractivity (Wildman–Crippen MR) is 123 cm³/mol. The van der Waals surface area contributed by atoms with Gasteiger partial charge in [-0.3, -0.25) is 9.69 Å². The zero-order chi connectivity index (χ0) is 24.0. The normalized spacial score (nSPS) is 11.1. The molecule has 172 valence electrons. The molecular formula is C23H18Cl2F3N3O2. The molecule has 0 unspecified atom stereocenters. The number of nitrogens with one attached hydrogen (secondary N) is 2. The quantitative estimate of drug-likeness (QED) is 0.411. The largest absolute Gasteiger partial charge is 0.416 e. The summed E-state index contributed by atoms with van der Waals surface area (Å²) in [5, 5.41) is 6.21. The third kappa shape index (κ3) is 6.87. The van der Waals surface area contributed by atoms with Gasteiger partial charge in [-0.25, -0.2) is 4.79 Å². The Morgan fingerprint density at radius 1 is 0.879 bits per heavy atom. The van der Waals surface area contributed by atoms with E-state index in [4.69, 9.17) is 23.2 Å². The molecule has 10 heteroatoms. The van der Waals surface area contributed by atoms with Crippen LogP contribution in [0.15, 0.2) is 72.8 Å². The second-order valence-corrected chi connectivity index (χ2v) is 7.77. The number of amides is 3. The van der Waals surface area contributed by atoms with E-state index in [1.54, 1.807) is 36.4 Å². The molecular weight excluding hydrogens is 478 g/mol. The van der Waals surface area contributed by atoms with Gasteiger partial charge in [-0.15, -0.1) is 0 Å². The maximum absolute atomic E-state index is 13.2. The Morgan fingerprint density at radius 2 is 1.48 bits per heavy atom. The highest BCUT2D eigenvalue weighted by molar-refractivity contribution is 6.31. The summed E-state index contributed by atoms with van der Waals surface area (Å²) < 4.78 is 39.6. The summed E-state index contributed by atoms with van der Waals surface area (Å²) in [6.45, 7) is -0.0915. The van der Waals surface area contributed by atoms with Crippen LogP contribution in [0, 0.1) is 0 Å². The minimum atomic E-state index is -4.57. The van der Waals surface area contributed by atoms with Gasteiger partial charge in [-0.1, -0.05) is 29.3 Å². The van der Waals surface area contributed by atoms with Gasteiger partial charge in [-0.2, -0.15) is 13.2 Å². The molecule has 0 atom stereocenters. The van der Waals surface area contributed by atoms with Gasteiger partial charge < -0.3 is 10.6 Å². The summed E-state index contributed by atoms with van der Waals surface area (Å²) in [6.07, 6.45) is -4.57. The van der Waals surface area contributed by atoms with Gasteiger partial charge in [0.05, 0.1) is 5.56 Å². The second kappa shape index (κ2) is 10.6. The van der Waals surface area contributed by atoms with Crippen molar-refractivity contribution in [2.45, 2.75) is 6.18 Å². The van der Waals surface area contributed by atoms with Crippen molar-refractivity contribution in [3.63, 3.8) is 0 Å². The lowest BCUT2D eigenvalue weighted by Crippen LogP contribution is -2.41. The van der Waals surface area contributed by atoms with E-state index in [1.165, 1.54) is 24.3 Å². The predicted octanol–water partition coefficient (Wildman–Crippen LogP) is 6.48. The Morgan fingerprint density at radius 3 is 2.09 bits per heavy atom. The number of urea groups is 1. The van der Waals surface area contributed by atoms with Crippen molar-refractivity contribution in [1.82, 2.24) is 5.32 Å². The first-order chi connectivity index (χ1) is 15.6. The van der Waals surface area contributed by atoms with Crippen molar-refractivity contribution < 1.29 is 22.8 Å². The van der Waals surface area contributed by atoms with Crippen LogP contribution in [0.4, 0.5) is 29.3 Å². The summed E-state index contributed by atoms with van der Waals surface area (Å²) >= 11 is 11.7. The van der Waals surface area contributed by atoms with Crippen molar-refractivity contribution in [3.8, 4) is 0 Å². The number of hydrogen-bond donors (Lipinski definition) is 2. The fourth-order valence-electron chi connectivity index (χ4n) is 2.91. The maximum atomic E-state index is 13.2. The lowest BCUT2D eigenvalue weighted by molar-refractivity contribution is -0.137. The van der Waals surface area contributed by atoms with Gasteiger partial charge in [-0.05, 0) is 66.7 Å². The minimum absolute atomic E-state index is 0.00819. The Kier molecular flexibility index (Phi) is 7.84. The van der Waals surface area contributed by atoms with Crippen LogP contribution in [0.2, 0.25) is 10.0 Å². The van der Waals surface area contributed by atoms with E-state index in [9.17, 15) is 22.8 Å². The van der Waals surface area contributed by atoms with Crippen LogP contribution >= 0.6 is 23.2 Å². The number of rotatable bonds is 6. The van der Waals surface area contributed by atoms with Gasteiger partial charge >= 0.3 is 12.2 Å². The molecule has 0 bridgehead atoms. The molecule has 0 aromatic heterocycles. The Bertz CT molecular complexity index is 1120. The average molecular weight is 496 g/mol. The Balaban J connectivity index is 1.77. The SMILES string of the molecule is O=C(NCCN(C(=O)Nc1ccc(Cl)cc1)c1cccc(C(F)(F)F)c1)c1ccc(Cl)cc1. The van der Waals surface area contributed by atoms with Crippen LogP contribution in [-0.2, 0) is 6.18 Å². The molecule has 0 aliphatic rings. The molecule has 3 amide bonds. The number of carbonyl (C=O) groups excluding carboxylic acids is 2. The van der Waals surface area contributed by atoms with Gasteiger partial charge in [0.15, 0.2) is 0 Å². The summed E-state index contributed by atoms with van der Waals surface area (Å²) in [5.74, 6) is -0.409. The third-order valence-corrected chi connectivity index (χ3v) is 5.06. The van der Waals surface area contributed by atoms with Crippen LogP contribution in [0.1, 0.15) is 15.9 Å². The Hall–Kier alpha value is -3.23. The van der Waals surface area contributed by atoms with Crippen molar-refractivity contribution in [2.24, 2.45) is 0 Å². The molecule has 2 N–H and O–H groups in total. The van der Waals surface area contributed by atoms with Crippen molar-refractivity contribution in [1.29, 1.82) is 0 Å². The molecule has 0 saturated carbocycles. The van der Waals surface area contributed by atoms with E-state index in [0.717, 1.165) is 17.0 Å². The highest BCUT2D eigenvalue weighted by Gasteiger charge is 2.31. The molecule has 5 nitrogen and oxygen atoms in total. The molecule has 0 aliphatic heterocycles. The minimum Gasteiger partial charge on any atom is -0.350 e. The number of anilines is 2. The number of hydrogen-bond acceptors (Lipinski definition) is 2. The molecule has 0 saturated heterocycles. The maximum Gasteiger partial charge on any atom is 0.416 e. The molecule has 3 aromatic rings. The first-order valence-electron chi connectivity index (χ1n) is 9.68. The fraction of sp³-hybridized carbons (Fsp3) is 0.130. The zero-order valence-electron chi connectivity index (χ0n) is 17.0. The molecule has 3 rings (SSSR count). The number of nitrogens with zero attached hydrogens (tertiary/aromatic N) is 1. The first kappa shape index (κ1) is 24.4. The van der Waals surface area contributed by atoms with E-state index >= 15 is 0 Å². The smallest absolute Gasteiger partial charge is 0.350 e. The lowest BCUT2D eigenvalue weighted by Gasteiger charge is -2.24. The van der Waals surface area contributed by atoms with Crippen LogP contribution in [0.3, 0.4) is 0 Å². The van der Waals surface area contributed by atoms with Crippen LogP contribution < -0.4 is 15.5 Å². The number of alkyl halides is 3. The molecule has 0 spiro atoms. The number of halogens is 5. The summed E-state index contributed by atoms with van der Waals surface area (Å²) in [7, 11) is 0. The first-order valence-corrected chi connectivity index (χ1v) is 10.4. The fourth-order valence-corrected chi connectivity index (χ4v) is 3.16. The van der Waals surface area contributed by atoms with Gasteiger partial charge in [0.2, 0.25) is 0 Å². The average Bonchev–Trinajstić information content (AvgIpc) is 2.78. The summed E-state index contributed by atoms with van der Waals surface area (Å²) in [4.78, 5) is 26.4. The molecule has 0 heterocycles. The molecule has 0 fully saturated rings. The van der Waals surface area contributed by atoms with Crippen molar-refractivity contribution in [2.75, 3.05) is 23.3 Å². The topological polar surface area (TPSA) is 61.4 Å². The monoisotopic (exact) mass is 495 g/mol. The molecule has 3 aromatic carbocycles.